The Hall–Kier alpha value is -2.25. The molecule has 3 heterocycles. The fourth-order valence-corrected chi connectivity index (χ4v) is 14.7. The standard InChI is InChI=1S/C47H72O20/c1-42(2)11-13-47(41(61)67-39-31(56)29(54)28(53)24(17-48)63-39)14-12-45(5)20(21(47)15-42)7-8-26-43(3)16-22(50)36(44(4,19-49)25(43)9-10-46(26,45)6)66-40-33(58)34(32(57)35(65-40)37(59)60)64-38-30(55)27(52)23(51)18-62-38/h7,19,21-36,38-40,48,50-58H,8-18H2,1-6H3,(H,59,60)/t21-,22+,23+,24+,25+,26+,27-,28+,29-,30+,31+,32-,33+,34-,35-,36+,38-,39-,40-,43-,44+,45+,46+,47-/m0/s1. The van der Waals surface area contributed by atoms with Crippen LogP contribution in [0.15, 0.2) is 11.6 Å². The molecule has 0 bridgehead atoms. The molecule has 3 aliphatic heterocycles. The van der Waals surface area contributed by atoms with Crippen LogP contribution in [0.25, 0.3) is 0 Å². The van der Waals surface area contributed by atoms with E-state index in [0.29, 0.717) is 44.9 Å². The van der Waals surface area contributed by atoms with Gasteiger partial charge in [0.05, 0.1) is 36.3 Å². The molecule has 11 N–H and O–H groups in total. The number of allylic oxidation sites excluding steroid dienone is 2. The Morgan fingerprint density at radius 1 is 0.731 bits per heavy atom. The average molecular weight is 957 g/mol. The SMILES string of the molecule is CC1(C)CC[C@]2(C(=O)O[C@@H]3O[C@H](CO)[C@@H](O)[C@H](O)[C@H]3O)CC[C@]3(C)C(=CC[C@@H]4[C@@]5(C)C[C@@H](O)[C@@H](O[C@@H]6O[C@H](C(=O)O)[C@@H](O)[C@H](O[C@@H]7OC[C@@H](O)[C@H](O)[C@H]7O)[C@H]6O)[C@](C)(C=O)[C@@H]5CC[C@]43C)[C@@H]2C1. The van der Waals surface area contributed by atoms with E-state index in [1.54, 1.807) is 6.92 Å². The molecule has 380 valence electrons. The van der Waals surface area contributed by atoms with Crippen LogP contribution >= 0.6 is 0 Å². The number of carbonyl (C=O) groups is 3. The zero-order valence-electron chi connectivity index (χ0n) is 39.0. The van der Waals surface area contributed by atoms with Gasteiger partial charge in [0.25, 0.3) is 0 Å². The molecule has 4 saturated carbocycles. The van der Waals surface area contributed by atoms with Crippen LogP contribution in [0.5, 0.6) is 0 Å². The summed E-state index contributed by atoms with van der Waals surface area (Å²) in [7, 11) is 0. The maximum atomic E-state index is 14.7. The number of carbonyl (C=O) groups excluding carboxylic acids is 2. The van der Waals surface area contributed by atoms with E-state index < -0.39 is 156 Å². The minimum absolute atomic E-state index is 0.0934. The topological polar surface area (TPSA) is 329 Å². The number of aliphatic hydroxyl groups is 10. The maximum absolute atomic E-state index is 14.7. The second-order valence-electron chi connectivity index (χ2n) is 22.9. The largest absolute Gasteiger partial charge is 0.479 e. The summed E-state index contributed by atoms with van der Waals surface area (Å²) in [5.74, 6) is -2.98. The Labute approximate surface area is 389 Å². The van der Waals surface area contributed by atoms with E-state index in [1.165, 1.54) is 0 Å². The first-order valence-electron chi connectivity index (χ1n) is 23.8. The zero-order chi connectivity index (χ0) is 49.1. The first-order chi connectivity index (χ1) is 31.2. The lowest BCUT2D eigenvalue weighted by Crippen LogP contribution is -2.69. The Kier molecular flexibility index (Phi) is 13.6. The van der Waals surface area contributed by atoms with E-state index in [0.717, 1.165) is 18.3 Å². The van der Waals surface area contributed by atoms with Gasteiger partial charge in [-0.05, 0) is 97.2 Å². The van der Waals surface area contributed by atoms with Crippen molar-refractivity contribution < 1.29 is 99.0 Å². The Morgan fingerprint density at radius 3 is 2.06 bits per heavy atom. The number of ether oxygens (including phenoxy) is 6. The van der Waals surface area contributed by atoms with Gasteiger partial charge in [0.15, 0.2) is 18.7 Å². The van der Waals surface area contributed by atoms with Crippen molar-refractivity contribution in [1.29, 1.82) is 0 Å². The molecule has 0 amide bonds. The third-order valence-electron chi connectivity index (χ3n) is 18.8. The molecule has 0 aromatic heterocycles. The van der Waals surface area contributed by atoms with Crippen molar-refractivity contribution >= 4 is 18.2 Å². The molecule has 0 radical (unpaired) electrons. The lowest BCUT2D eigenvalue weighted by Gasteiger charge is -2.71. The number of hydrogen-bond donors (Lipinski definition) is 11. The van der Waals surface area contributed by atoms with Gasteiger partial charge in [0.1, 0.15) is 67.3 Å². The normalized spacial score (nSPS) is 54.0. The first kappa shape index (κ1) is 51.1. The predicted octanol–water partition coefficient (Wildman–Crippen LogP) is -0.978. The highest BCUT2D eigenvalue weighted by atomic mass is 16.7. The fraction of sp³-hybridized carbons (Fsp3) is 0.894. The zero-order valence-corrected chi connectivity index (χ0v) is 39.0. The maximum Gasteiger partial charge on any atom is 0.335 e. The van der Waals surface area contributed by atoms with Crippen molar-refractivity contribution in [2.75, 3.05) is 13.2 Å². The third kappa shape index (κ3) is 7.87. The van der Waals surface area contributed by atoms with Crippen LogP contribution in [0.4, 0.5) is 0 Å². The molecule has 0 unspecified atom stereocenters. The highest BCUT2D eigenvalue weighted by molar-refractivity contribution is 5.79. The number of aliphatic carboxylic acids is 1. The Bertz CT molecular complexity index is 1910. The van der Waals surface area contributed by atoms with Crippen molar-refractivity contribution in [1.82, 2.24) is 0 Å². The van der Waals surface area contributed by atoms with Crippen LogP contribution < -0.4 is 0 Å². The highest BCUT2D eigenvalue weighted by Crippen LogP contribution is 2.76. The van der Waals surface area contributed by atoms with Crippen LogP contribution in [0.2, 0.25) is 0 Å². The number of esters is 1. The molecule has 20 nitrogen and oxygen atoms in total. The smallest absolute Gasteiger partial charge is 0.335 e. The van der Waals surface area contributed by atoms with Crippen LogP contribution in [0.1, 0.15) is 99.3 Å². The molecule has 0 aromatic rings. The molecular weight excluding hydrogens is 884 g/mol. The van der Waals surface area contributed by atoms with Gasteiger partial charge < -0.3 is 89.4 Å². The molecule has 24 atom stereocenters. The summed E-state index contributed by atoms with van der Waals surface area (Å²) in [5.41, 5.74) is -3.00. The van der Waals surface area contributed by atoms with Gasteiger partial charge in [0.2, 0.25) is 6.29 Å². The monoisotopic (exact) mass is 956 g/mol. The molecule has 8 aliphatic rings. The second kappa shape index (κ2) is 17.8. The van der Waals surface area contributed by atoms with Gasteiger partial charge in [-0.1, -0.05) is 53.2 Å². The number of aliphatic hydroxyl groups excluding tert-OH is 10. The van der Waals surface area contributed by atoms with Crippen molar-refractivity contribution in [3.63, 3.8) is 0 Å². The van der Waals surface area contributed by atoms with Crippen molar-refractivity contribution in [2.45, 2.75) is 198 Å². The average Bonchev–Trinajstić information content (AvgIpc) is 3.26. The quantitative estimate of drug-likeness (QED) is 0.0573. The van der Waals surface area contributed by atoms with Gasteiger partial charge in [-0.2, -0.15) is 0 Å². The number of hydrogen-bond acceptors (Lipinski definition) is 19. The first-order valence-corrected chi connectivity index (χ1v) is 23.8. The van der Waals surface area contributed by atoms with Crippen LogP contribution in [-0.2, 0) is 42.8 Å². The van der Waals surface area contributed by atoms with Crippen molar-refractivity contribution in [2.24, 2.45) is 50.2 Å². The highest BCUT2D eigenvalue weighted by Gasteiger charge is 2.72. The molecule has 7 fully saturated rings. The Balaban J connectivity index is 1.06. The van der Waals surface area contributed by atoms with E-state index in [9.17, 15) is 70.6 Å². The number of fused-ring (bicyclic) bond motifs is 7. The van der Waals surface area contributed by atoms with E-state index in [2.05, 4.69) is 40.7 Å². The predicted molar refractivity (Wildman–Crippen MR) is 226 cm³/mol. The lowest BCUT2D eigenvalue weighted by atomic mass is 9.33. The van der Waals surface area contributed by atoms with Crippen molar-refractivity contribution in [3.05, 3.63) is 11.6 Å². The second-order valence-corrected chi connectivity index (χ2v) is 22.9. The number of rotatable bonds is 9. The summed E-state index contributed by atoms with van der Waals surface area (Å²) in [6.07, 6.45) is -19.3. The van der Waals surface area contributed by atoms with E-state index in [-0.39, 0.29) is 23.7 Å². The number of carboxylic acids is 1. The number of aldehydes is 1. The van der Waals surface area contributed by atoms with Crippen LogP contribution in [0.3, 0.4) is 0 Å². The van der Waals surface area contributed by atoms with Crippen LogP contribution in [-0.4, -0.2) is 186 Å². The third-order valence-corrected chi connectivity index (χ3v) is 18.8. The molecule has 8 rings (SSSR count). The molecule has 5 aliphatic carbocycles. The van der Waals surface area contributed by atoms with Gasteiger partial charge in [-0.25, -0.2) is 4.79 Å². The lowest BCUT2D eigenvalue weighted by molar-refractivity contribution is -0.360. The van der Waals surface area contributed by atoms with Gasteiger partial charge in [-0.15, -0.1) is 0 Å². The molecule has 67 heavy (non-hydrogen) atoms. The minimum Gasteiger partial charge on any atom is -0.479 e. The summed E-state index contributed by atoms with van der Waals surface area (Å²) in [6.45, 7) is 11.5. The van der Waals surface area contributed by atoms with Crippen LogP contribution in [0, 0.1) is 50.2 Å². The van der Waals surface area contributed by atoms with Gasteiger partial charge in [0, 0.05) is 0 Å². The summed E-state index contributed by atoms with van der Waals surface area (Å²) in [5, 5.41) is 117. The van der Waals surface area contributed by atoms with E-state index in [4.69, 9.17) is 28.4 Å². The van der Waals surface area contributed by atoms with Gasteiger partial charge in [-0.3, -0.25) is 4.79 Å². The minimum atomic E-state index is -2.04. The molecule has 0 aromatic carbocycles. The summed E-state index contributed by atoms with van der Waals surface area (Å²) < 4.78 is 34.5. The van der Waals surface area contributed by atoms with Crippen molar-refractivity contribution in [3.8, 4) is 0 Å². The summed E-state index contributed by atoms with van der Waals surface area (Å²) >= 11 is 0. The molecule has 20 heteroatoms. The summed E-state index contributed by atoms with van der Waals surface area (Å²) in [4.78, 5) is 40.7. The Morgan fingerprint density at radius 2 is 1.40 bits per heavy atom. The fourth-order valence-electron chi connectivity index (χ4n) is 14.7. The molecule has 0 spiro atoms. The summed E-state index contributed by atoms with van der Waals surface area (Å²) in [6, 6.07) is 0. The van der Waals surface area contributed by atoms with E-state index >= 15 is 0 Å². The molecule has 3 saturated heterocycles. The number of carboxylic acid groups (broad SMARTS) is 1. The molecular formula is C47H72O20. The van der Waals surface area contributed by atoms with E-state index in [1.807, 2.05) is 0 Å². The van der Waals surface area contributed by atoms with Gasteiger partial charge >= 0.3 is 11.9 Å².